The van der Waals surface area contributed by atoms with Gasteiger partial charge in [-0.15, -0.1) is 0 Å². The van der Waals surface area contributed by atoms with E-state index in [4.69, 9.17) is 8.83 Å². The van der Waals surface area contributed by atoms with Crippen molar-refractivity contribution in [3.63, 3.8) is 0 Å². The fourth-order valence-electron chi connectivity index (χ4n) is 6.09. The van der Waals surface area contributed by atoms with Crippen LogP contribution >= 0.6 is 0 Å². The molecule has 0 saturated carbocycles. The number of rotatable bonds is 21. The fourth-order valence-corrected chi connectivity index (χ4v) is 36.6. The Labute approximate surface area is 232 Å². The monoisotopic (exact) mass is 714 g/mol. The van der Waals surface area contributed by atoms with Crippen LogP contribution in [-0.4, -0.2) is 36.8 Å². The molecule has 2 heterocycles. The second-order valence-corrected chi connectivity index (χ2v) is 37.5. The van der Waals surface area contributed by atoms with Crippen LogP contribution in [0.4, 0.5) is 0 Å². The average Bonchev–Trinajstić information content (AvgIpc) is 3.59. The Bertz CT molecular complexity index is 710. The first-order valence-electron chi connectivity index (χ1n) is 15.8. The summed E-state index contributed by atoms with van der Waals surface area (Å²) >= 11 is -5.10. The van der Waals surface area contributed by atoms with Crippen LogP contribution in [0.2, 0.25) is 26.6 Å². The van der Waals surface area contributed by atoms with Crippen molar-refractivity contribution >= 4 is 44.3 Å². The van der Waals surface area contributed by atoms with Crippen LogP contribution in [0, 0.1) is 0 Å². The minimum atomic E-state index is -2.55. The third-order valence-corrected chi connectivity index (χ3v) is 38.5. The Morgan fingerprint density at radius 3 is 0.889 bits per heavy atom. The van der Waals surface area contributed by atoms with Crippen molar-refractivity contribution in [3.8, 4) is 11.5 Å². The van der Waals surface area contributed by atoms with Crippen molar-refractivity contribution in [1.29, 1.82) is 0 Å². The van der Waals surface area contributed by atoms with Gasteiger partial charge in [-0.1, -0.05) is 0 Å². The molecule has 0 fully saturated rings. The molecule has 0 aliphatic heterocycles. The molecule has 0 unspecified atom stereocenters. The van der Waals surface area contributed by atoms with Gasteiger partial charge in [0.15, 0.2) is 0 Å². The van der Waals surface area contributed by atoms with Crippen molar-refractivity contribution < 1.29 is 8.83 Å². The molecule has 0 aromatic carbocycles. The molecule has 0 aliphatic rings. The number of furan rings is 2. The van der Waals surface area contributed by atoms with Crippen LogP contribution in [0.25, 0.3) is 11.5 Å². The maximum absolute atomic E-state index is 6.82. The molecule has 206 valence electrons. The van der Waals surface area contributed by atoms with Gasteiger partial charge >= 0.3 is 234 Å². The molecule has 0 bridgehead atoms. The average molecular weight is 712 g/mol. The summed E-state index contributed by atoms with van der Waals surface area (Å²) in [6.45, 7) is 14.1. The van der Waals surface area contributed by atoms with Gasteiger partial charge in [0, 0.05) is 0 Å². The first-order chi connectivity index (χ1) is 17.5. The van der Waals surface area contributed by atoms with E-state index in [1.165, 1.54) is 111 Å². The summed E-state index contributed by atoms with van der Waals surface area (Å²) in [5.74, 6) is 2.01. The van der Waals surface area contributed by atoms with Gasteiger partial charge in [0.05, 0.1) is 0 Å². The first-order valence-corrected chi connectivity index (χ1v) is 30.7. The van der Waals surface area contributed by atoms with Crippen LogP contribution in [0.15, 0.2) is 33.1 Å². The van der Waals surface area contributed by atoms with E-state index >= 15 is 0 Å². The Morgan fingerprint density at radius 1 is 0.417 bits per heavy atom. The van der Waals surface area contributed by atoms with Crippen LogP contribution in [-0.2, 0) is 0 Å². The summed E-state index contributed by atoms with van der Waals surface area (Å²) < 4.78 is 25.2. The zero-order chi connectivity index (χ0) is 26.3. The second-order valence-electron chi connectivity index (χ2n) is 11.5. The van der Waals surface area contributed by atoms with E-state index in [-0.39, 0.29) is 0 Å². The molecule has 0 spiro atoms. The van der Waals surface area contributed by atoms with Gasteiger partial charge in [-0.3, -0.25) is 0 Å². The second kappa shape index (κ2) is 17.7. The molecular weight excluding hydrogens is 654 g/mol. The van der Waals surface area contributed by atoms with Crippen molar-refractivity contribution in [2.45, 2.75) is 145 Å². The van der Waals surface area contributed by atoms with Gasteiger partial charge in [0.1, 0.15) is 0 Å². The van der Waals surface area contributed by atoms with Crippen molar-refractivity contribution in [3.05, 3.63) is 24.3 Å². The zero-order valence-electron chi connectivity index (χ0n) is 24.9. The minimum absolute atomic E-state index is 1.00. The van der Waals surface area contributed by atoms with Crippen molar-refractivity contribution in [2.24, 2.45) is 0 Å². The van der Waals surface area contributed by atoms with Gasteiger partial charge in [0.2, 0.25) is 0 Å². The van der Waals surface area contributed by atoms with E-state index in [0.717, 1.165) is 11.5 Å². The Hall–Kier alpha value is 0.157. The Balaban J connectivity index is 2.41. The van der Waals surface area contributed by atoms with E-state index in [2.05, 4.69) is 65.8 Å². The molecule has 0 N–H and O–H groups in total. The fraction of sp³-hybridized carbons (Fsp3) is 0.750. The van der Waals surface area contributed by atoms with Gasteiger partial charge in [-0.25, -0.2) is 0 Å². The molecular formula is C32H58O2Sn2. The van der Waals surface area contributed by atoms with E-state index in [1.807, 2.05) is 0 Å². The van der Waals surface area contributed by atoms with Crippen LogP contribution in [0.1, 0.15) is 119 Å². The quantitative estimate of drug-likeness (QED) is 0.121. The summed E-state index contributed by atoms with van der Waals surface area (Å²) in [6, 6.07) is 9.29. The van der Waals surface area contributed by atoms with Crippen molar-refractivity contribution in [1.82, 2.24) is 0 Å². The standard InChI is InChI=1S/C8H4O2.6C4H9.2Sn/c1-3-7(9-5-1)8-4-2-6-10-8;6*1-3-4-2;;/h1-4H;6*1,3-4H2,2H3;;. The predicted octanol–water partition coefficient (Wildman–Crippen LogP) is 10.7. The van der Waals surface area contributed by atoms with Crippen LogP contribution in [0.3, 0.4) is 0 Å². The molecule has 0 amide bonds. The maximum atomic E-state index is 6.82. The predicted molar refractivity (Wildman–Crippen MR) is 165 cm³/mol. The molecule has 2 rings (SSSR count). The normalized spacial score (nSPS) is 12.5. The summed E-state index contributed by atoms with van der Waals surface area (Å²) in [5, 5.41) is 0. The molecule has 0 aliphatic carbocycles. The van der Waals surface area contributed by atoms with E-state index < -0.39 is 36.8 Å². The van der Waals surface area contributed by atoms with Gasteiger partial charge in [-0.05, 0) is 0 Å². The van der Waals surface area contributed by atoms with Gasteiger partial charge in [-0.2, -0.15) is 0 Å². The molecule has 0 saturated heterocycles. The van der Waals surface area contributed by atoms with Crippen LogP contribution in [0.5, 0.6) is 0 Å². The Morgan fingerprint density at radius 2 is 0.667 bits per heavy atom. The van der Waals surface area contributed by atoms with E-state index in [0.29, 0.717) is 0 Å². The number of hydrogen-bond acceptors (Lipinski definition) is 2. The topological polar surface area (TPSA) is 26.3 Å². The number of unbranched alkanes of at least 4 members (excludes halogenated alkanes) is 6. The van der Waals surface area contributed by atoms with Crippen LogP contribution < -0.4 is 7.55 Å². The summed E-state index contributed by atoms with van der Waals surface area (Å²) in [5.41, 5.74) is 0. The SMILES string of the molecule is CCC[CH2][Sn]([CH2]CCC)([CH2]CCC)[c]1ccc(-c2cc[c]([Sn]([CH2]CCC)([CH2]CCC)[CH2]CCC)o2)o1. The molecule has 2 aromatic rings. The molecule has 2 aromatic heterocycles. The first kappa shape index (κ1) is 32.4. The van der Waals surface area contributed by atoms with Gasteiger partial charge in [0.25, 0.3) is 0 Å². The summed E-state index contributed by atoms with van der Waals surface area (Å²) in [7, 11) is 0. The Kier molecular flexibility index (Phi) is 15.9. The van der Waals surface area contributed by atoms with E-state index in [9.17, 15) is 0 Å². The summed E-state index contributed by atoms with van der Waals surface area (Å²) in [6.07, 6.45) is 16.0. The third-order valence-electron chi connectivity index (χ3n) is 8.55. The molecule has 2 nitrogen and oxygen atoms in total. The van der Waals surface area contributed by atoms with Gasteiger partial charge < -0.3 is 0 Å². The molecule has 36 heavy (non-hydrogen) atoms. The summed E-state index contributed by atoms with van der Waals surface area (Å²) in [4.78, 5) is 0. The molecule has 0 atom stereocenters. The molecule has 0 radical (unpaired) electrons. The number of hydrogen-bond donors (Lipinski definition) is 0. The molecule has 4 heteroatoms. The van der Waals surface area contributed by atoms with E-state index in [1.54, 1.807) is 0 Å². The third kappa shape index (κ3) is 9.12. The van der Waals surface area contributed by atoms with Crippen molar-refractivity contribution in [2.75, 3.05) is 0 Å². The zero-order valence-corrected chi connectivity index (χ0v) is 30.6.